The van der Waals surface area contributed by atoms with Crippen molar-refractivity contribution in [1.29, 1.82) is 0 Å². The van der Waals surface area contributed by atoms with Crippen LogP contribution in [0.1, 0.15) is 37.7 Å². The highest BCUT2D eigenvalue weighted by Crippen LogP contribution is 2.12. The van der Waals surface area contributed by atoms with Crippen molar-refractivity contribution in [3.8, 4) is 0 Å². The summed E-state index contributed by atoms with van der Waals surface area (Å²) in [6.07, 6.45) is 2.30. The monoisotopic (exact) mass is 265 g/mol. The molecule has 2 N–H and O–H groups in total. The molecule has 1 amide bonds. The van der Waals surface area contributed by atoms with Gasteiger partial charge in [0.1, 0.15) is 5.69 Å². The molecule has 0 saturated heterocycles. The quantitative estimate of drug-likeness (QED) is 0.788. The van der Waals surface area contributed by atoms with E-state index >= 15 is 0 Å². The number of pyridine rings is 1. The van der Waals surface area contributed by atoms with E-state index in [0.717, 1.165) is 5.69 Å². The summed E-state index contributed by atoms with van der Waals surface area (Å²) in [6, 6.07) is 3.74. The molecule has 0 aliphatic rings. The van der Waals surface area contributed by atoms with E-state index in [1.807, 2.05) is 26.8 Å². The highest BCUT2D eigenvalue weighted by Gasteiger charge is 2.14. The first-order valence-electron chi connectivity index (χ1n) is 6.75. The molecule has 1 heterocycles. The van der Waals surface area contributed by atoms with Crippen molar-refractivity contribution in [3.63, 3.8) is 0 Å². The lowest BCUT2D eigenvalue weighted by Crippen LogP contribution is -2.31. The van der Waals surface area contributed by atoms with Crippen molar-refractivity contribution >= 4 is 11.6 Å². The zero-order valence-electron chi connectivity index (χ0n) is 11.9. The molecule has 0 saturated carbocycles. The Morgan fingerprint density at radius 1 is 1.47 bits per heavy atom. The van der Waals surface area contributed by atoms with E-state index < -0.39 is 0 Å². The summed E-state index contributed by atoms with van der Waals surface area (Å²) < 4.78 is 0. The first kappa shape index (κ1) is 15.4. The maximum Gasteiger partial charge on any atom is 0.272 e. The second-order valence-corrected chi connectivity index (χ2v) is 4.46. The number of aliphatic hydroxyl groups is 1. The molecule has 0 aliphatic carbocycles. The Morgan fingerprint density at radius 2 is 2.16 bits per heavy atom. The van der Waals surface area contributed by atoms with Crippen LogP contribution in [-0.2, 0) is 0 Å². The first-order valence-corrected chi connectivity index (χ1v) is 6.75. The molecule has 0 fully saturated rings. The summed E-state index contributed by atoms with van der Waals surface area (Å²) in [7, 11) is 0. The lowest BCUT2D eigenvalue weighted by molar-refractivity contribution is 0.0767. The maximum absolute atomic E-state index is 12.2. The van der Waals surface area contributed by atoms with Gasteiger partial charge in [0.25, 0.3) is 5.91 Å². The molecule has 106 valence electrons. The SMILES string of the molecule is CCN(CC)C(=O)c1cc(NC(C)CCO)ccn1. The Hall–Kier alpha value is -1.62. The Kier molecular flexibility index (Phi) is 6.29. The molecular weight excluding hydrogens is 242 g/mol. The van der Waals surface area contributed by atoms with Gasteiger partial charge in [0, 0.05) is 37.6 Å². The van der Waals surface area contributed by atoms with E-state index in [9.17, 15) is 4.79 Å². The molecule has 0 bridgehead atoms. The standard InChI is InChI=1S/C14H23N3O2/c1-4-17(5-2)14(19)13-10-12(6-8-15-13)16-11(3)7-9-18/h6,8,10-11,18H,4-5,7,9H2,1-3H3,(H,15,16). The van der Waals surface area contributed by atoms with Gasteiger partial charge in [-0.15, -0.1) is 0 Å². The van der Waals surface area contributed by atoms with Crippen molar-refractivity contribution in [3.05, 3.63) is 24.0 Å². The number of amides is 1. The highest BCUT2D eigenvalue weighted by atomic mass is 16.3. The number of nitrogens with zero attached hydrogens (tertiary/aromatic N) is 2. The predicted molar refractivity (Wildman–Crippen MR) is 76.3 cm³/mol. The van der Waals surface area contributed by atoms with Gasteiger partial charge in [-0.3, -0.25) is 9.78 Å². The van der Waals surface area contributed by atoms with Gasteiger partial charge >= 0.3 is 0 Å². The minimum absolute atomic E-state index is 0.0524. The summed E-state index contributed by atoms with van der Waals surface area (Å²) in [5.41, 5.74) is 1.30. The smallest absolute Gasteiger partial charge is 0.272 e. The molecular formula is C14H23N3O2. The zero-order chi connectivity index (χ0) is 14.3. The fourth-order valence-electron chi connectivity index (χ4n) is 1.86. The van der Waals surface area contributed by atoms with E-state index in [-0.39, 0.29) is 18.6 Å². The maximum atomic E-state index is 12.2. The molecule has 1 unspecified atom stereocenters. The predicted octanol–water partition coefficient (Wildman–Crippen LogP) is 1.75. The van der Waals surface area contributed by atoms with Gasteiger partial charge in [-0.1, -0.05) is 0 Å². The number of rotatable bonds is 7. The number of carbonyl (C=O) groups is 1. The van der Waals surface area contributed by atoms with Crippen LogP contribution in [0.3, 0.4) is 0 Å². The minimum atomic E-state index is -0.0524. The second kappa shape index (κ2) is 7.74. The summed E-state index contributed by atoms with van der Waals surface area (Å²) in [5.74, 6) is -0.0524. The largest absolute Gasteiger partial charge is 0.396 e. The molecule has 1 rings (SSSR count). The topological polar surface area (TPSA) is 65.5 Å². The molecule has 0 spiro atoms. The Bertz CT molecular complexity index is 405. The van der Waals surface area contributed by atoms with Gasteiger partial charge in [-0.2, -0.15) is 0 Å². The molecule has 19 heavy (non-hydrogen) atoms. The number of carbonyl (C=O) groups excluding carboxylic acids is 1. The molecule has 1 atom stereocenters. The third-order valence-corrected chi connectivity index (χ3v) is 3.00. The lowest BCUT2D eigenvalue weighted by Gasteiger charge is -2.19. The van der Waals surface area contributed by atoms with Crippen LogP contribution >= 0.6 is 0 Å². The van der Waals surface area contributed by atoms with Gasteiger partial charge in [-0.25, -0.2) is 0 Å². The van der Waals surface area contributed by atoms with Crippen LogP contribution in [-0.4, -0.2) is 46.6 Å². The molecule has 5 nitrogen and oxygen atoms in total. The minimum Gasteiger partial charge on any atom is -0.396 e. The number of hydrogen-bond donors (Lipinski definition) is 2. The number of aromatic nitrogens is 1. The van der Waals surface area contributed by atoms with E-state index in [0.29, 0.717) is 25.2 Å². The van der Waals surface area contributed by atoms with Crippen LogP contribution in [0.4, 0.5) is 5.69 Å². The van der Waals surface area contributed by atoms with Crippen molar-refractivity contribution in [1.82, 2.24) is 9.88 Å². The molecule has 0 radical (unpaired) electrons. The average molecular weight is 265 g/mol. The third-order valence-electron chi connectivity index (χ3n) is 3.00. The molecule has 1 aromatic heterocycles. The average Bonchev–Trinajstić information content (AvgIpc) is 2.40. The van der Waals surface area contributed by atoms with Crippen LogP contribution in [0.2, 0.25) is 0 Å². The molecule has 1 aromatic rings. The number of nitrogens with one attached hydrogen (secondary N) is 1. The van der Waals surface area contributed by atoms with Crippen LogP contribution in [0.5, 0.6) is 0 Å². The zero-order valence-corrected chi connectivity index (χ0v) is 11.9. The fraction of sp³-hybridized carbons (Fsp3) is 0.571. The van der Waals surface area contributed by atoms with Crippen LogP contribution in [0, 0.1) is 0 Å². The van der Waals surface area contributed by atoms with Crippen LogP contribution in [0.15, 0.2) is 18.3 Å². The van der Waals surface area contributed by atoms with Gasteiger partial charge in [0.05, 0.1) is 0 Å². The number of aliphatic hydroxyl groups excluding tert-OH is 1. The van der Waals surface area contributed by atoms with E-state index in [1.54, 1.807) is 17.2 Å². The van der Waals surface area contributed by atoms with Crippen molar-refractivity contribution < 1.29 is 9.90 Å². The van der Waals surface area contributed by atoms with E-state index in [4.69, 9.17) is 5.11 Å². The van der Waals surface area contributed by atoms with Gasteiger partial charge in [0.15, 0.2) is 0 Å². The Morgan fingerprint density at radius 3 is 2.74 bits per heavy atom. The second-order valence-electron chi connectivity index (χ2n) is 4.46. The van der Waals surface area contributed by atoms with Crippen molar-refractivity contribution in [2.45, 2.75) is 33.2 Å². The molecule has 0 aromatic carbocycles. The van der Waals surface area contributed by atoms with Crippen molar-refractivity contribution in [2.24, 2.45) is 0 Å². The summed E-state index contributed by atoms with van der Waals surface area (Å²) >= 11 is 0. The lowest BCUT2D eigenvalue weighted by atomic mass is 10.2. The summed E-state index contributed by atoms with van der Waals surface area (Å²) in [6.45, 7) is 7.39. The normalized spacial score (nSPS) is 12.0. The van der Waals surface area contributed by atoms with Gasteiger partial charge in [-0.05, 0) is 39.3 Å². The van der Waals surface area contributed by atoms with Gasteiger partial charge < -0.3 is 15.3 Å². The summed E-state index contributed by atoms with van der Waals surface area (Å²) in [4.78, 5) is 18.0. The van der Waals surface area contributed by atoms with Crippen LogP contribution in [0.25, 0.3) is 0 Å². The third kappa shape index (κ3) is 4.52. The number of anilines is 1. The highest BCUT2D eigenvalue weighted by molar-refractivity contribution is 5.93. The Labute approximate surface area is 114 Å². The van der Waals surface area contributed by atoms with Gasteiger partial charge in [0.2, 0.25) is 0 Å². The summed E-state index contributed by atoms with van der Waals surface area (Å²) in [5, 5.41) is 12.1. The van der Waals surface area contributed by atoms with Crippen molar-refractivity contribution in [2.75, 3.05) is 25.0 Å². The molecule has 5 heteroatoms. The molecule has 0 aliphatic heterocycles. The fourth-order valence-corrected chi connectivity index (χ4v) is 1.86. The first-order chi connectivity index (χ1) is 9.12. The van der Waals surface area contributed by atoms with E-state index in [2.05, 4.69) is 10.3 Å². The van der Waals surface area contributed by atoms with Crippen LogP contribution < -0.4 is 5.32 Å². The van der Waals surface area contributed by atoms with E-state index in [1.165, 1.54) is 0 Å². The number of hydrogen-bond acceptors (Lipinski definition) is 4. The Balaban J connectivity index is 2.79.